The molecule has 2 nitrogen and oxygen atoms in total. The lowest BCUT2D eigenvalue weighted by Crippen LogP contribution is -2.39. The van der Waals surface area contributed by atoms with Gasteiger partial charge in [0.25, 0.3) is 0 Å². The third-order valence-corrected chi connectivity index (χ3v) is 1.98. The molecule has 0 N–H and O–H groups in total. The summed E-state index contributed by atoms with van der Waals surface area (Å²) in [5.41, 5.74) is 0.123. The molecule has 2 fully saturated rings. The normalized spacial score (nSPS) is 52.9. The van der Waals surface area contributed by atoms with Gasteiger partial charge in [-0.25, -0.2) is 0 Å². The molecule has 0 aromatic carbocycles. The topological polar surface area (TPSA) is 21.8 Å². The average molecular weight is 114 g/mol. The lowest BCUT2D eigenvalue weighted by atomic mass is 10.00. The van der Waals surface area contributed by atoms with Crippen LogP contribution >= 0.6 is 0 Å². The van der Waals surface area contributed by atoms with Crippen LogP contribution < -0.4 is 0 Å². The van der Waals surface area contributed by atoms with Gasteiger partial charge in [-0.1, -0.05) is 0 Å². The van der Waals surface area contributed by atoms with Crippen LogP contribution in [0, 0.1) is 0 Å². The highest BCUT2D eigenvalue weighted by Gasteiger charge is 2.50. The summed E-state index contributed by atoms with van der Waals surface area (Å²) < 4.78 is 10.4. The Morgan fingerprint density at radius 1 is 1.62 bits per heavy atom. The zero-order valence-electron chi connectivity index (χ0n) is 5.02. The maximum Gasteiger partial charge on any atom is 0.115 e. The molecular weight excluding hydrogens is 104 g/mol. The largest absolute Gasteiger partial charge is 0.375 e. The SMILES string of the molecule is CC1(C2CCO2)CO1. The minimum Gasteiger partial charge on any atom is -0.375 e. The van der Waals surface area contributed by atoms with Crippen molar-refractivity contribution in [1.29, 1.82) is 0 Å². The van der Waals surface area contributed by atoms with Crippen LogP contribution in [0.2, 0.25) is 0 Å². The molecule has 0 saturated carbocycles. The molecule has 2 rings (SSSR count). The molecule has 2 saturated heterocycles. The smallest absolute Gasteiger partial charge is 0.115 e. The van der Waals surface area contributed by atoms with Gasteiger partial charge >= 0.3 is 0 Å². The van der Waals surface area contributed by atoms with Crippen LogP contribution in [0.1, 0.15) is 13.3 Å². The fourth-order valence-corrected chi connectivity index (χ4v) is 1.02. The van der Waals surface area contributed by atoms with Crippen LogP contribution in [-0.2, 0) is 9.47 Å². The molecule has 0 radical (unpaired) electrons. The minimum absolute atomic E-state index is 0.123. The predicted octanol–water partition coefficient (Wildman–Crippen LogP) is 0.564. The minimum atomic E-state index is 0.123. The van der Waals surface area contributed by atoms with Crippen molar-refractivity contribution >= 4 is 0 Å². The fraction of sp³-hybridized carbons (Fsp3) is 1.00. The molecule has 0 aromatic rings. The van der Waals surface area contributed by atoms with Crippen molar-refractivity contribution in [3.05, 3.63) is 0 Å². The molecule has 2 aliphatic heterocycles. The number of hydrogen-bond donors (Lipinski definition) is 0. The highest BCUT2D eigenvalue weighted by atomic mass is 16.6. The van der Waals surface area contributed by atoms with Gasteiger partial charge in [-0.3, -0.25) is 0 Å². The molecule has 0 bridgehead atoms. The second-order valence-electron chi connectivity index (χ2n) is 2.75. The van der Waals surface area contributed by atoms with Crippen LogP contribution in [0.3, 0.4) is 0 Å². The van der Waals surface area contributed by atoms with Gasteiger partial charge in [0.1, 0.15) is 5.60 Å². The summed E-state index contributed by atoms with van der Waals surface area (Å²) in [6.45, 7) is 3.94. The van der Waals surface area contributed by atoms with E-state index in [1.165, 1.54) is 6.42 Å². The number of rotatable bonds is 1. The first kappa shape index (κ1) is 4.77. The van der Waals surface area contributed by atoms with E-state index in [4.69, 9.17) is 9.47 Å². The van der Waals surface area contributed by atoms with E-state index >= 15 is 0 Å². The van der Waals surface area contributed by atoms with Gasteiger partial charge in [0.05, 0.1) is 12.7 Å². The fourth-order valence-electron chi connectivity index (χ4n) is 1.02. The maximum absolute atomic E-state index is 5.23. The Morgan fingerprint density at radius 2 is 2.25 bits per heavy atom. The van der Waals surface area contributed by atoms with Gasteiger partial charge in [-0.15, -0.1) is 0 Å². The highest BCUT2D eigenvalue weighted by molar-refractivity contribution is 4.97. The van der Waals surface area contributed by atoms with E-state index in [1.807, 2.05) is 0 Å². The first-order valence-electron chi connectivity index (χ1n) is 3.07. The van der Waals surface area contributed by atoms with Crippen molar-refractivity contribution in [1.82, 2.24) is 0 Å². The van der Waals surface area contributed by atoms with Gasteiger partial charge in [0.15, 0.2) is 0 Å². The quantitative estimate of drug-likeness (QED) is 0.465. The molecule has 2 unspecified atom stereocenters. The van der Waals surface area contributed by atoms with Crippen LogP contribution in [0.15, 0.2) is 0 Å². The third kappa shape index (κ3) is 0.501. The Labute approximate surface area is 48.8 Å². The van der Waals surface area contributed by atoms with E-state index in [1.54, 1.807) is 0 Å². The number of ether oxygens (including phenoxy) is 2. The van der Waals surface area contributed by atoms with Gasteiger partial charge < -0.3 is 9.47 Å². The Kier molecular flexibility index (Phi) is 0.746. The zero-order valence-corrected chi connectivity index (χ0v) is 5.02. The molecule has 0 aromatic heterocycles. The van der Waals surface area contributed by atoms with Gasteiger partial charge in [-0.2, -0.15) is 0 Å². The third-order valence-electron chi connectivity index (χ3n) is 1.98. The lowest BCUT2D eigenvalue weighted by molar-refractivity contribution is -0.0897. The van der Waals surface area contributed by atoms with Crippen LogP contribution in [0.25, 0.3) is 0 Å². The Morgan fingerprint density at radius 3 is 2.38 bits per heavy atom. The summed E-state index contributed by atoms with van der Waals surface area (Å²) >= 11 is 0. The van der Waals surface area contributed by atoms with Crippen LogP contribution in [0.5, 0.6) is 0 Å². The van der Waals surface area contributed by atoms with E-state index in [0.29, 0.717) is 6.10 Å². The molecule has 2 aliphatic rings. The summed E-state index contributed by atoms with van der Waals surface area (Å²) in [5.74, 6) is 0. The van der Waals surface area contributed by atoms with E-state index in [0.717, 1.165) is 13.2 Å². The summed E-state index contributed by atoms with van der Waals surface area (Å²) in [6, 6.07) is 0. The Hall–Kier alpha value is -0.0800. The van der Waals surface area contributed by atoms with Crippen molar-refractivity contribution in [2.24, 2.45) is 0 Å². The first-order valence-corrected chi connectivity index (χ1v) is 3.07. The van der Waals surface area contributed by atoms with Gasteiger partial charge in [0.2, 0.25) is 0 Å². The summed E-state index contributed by atoms with van der Waals surface area (Å²) in [5, 5.41) is 0. The van der Waals surface area contributed by atoms with E-state index in [2.05, 4.69) is 6.92 Å². The molecule has 46 valence electrons. The second-order valence-corrected chi connectivity index (χ2v) is 2.75. The van der Waals surface area contributed by atoms with Crippen molar-refractivity contribution in [2.45, 2.75) is 25.0 Å². The molecule has 2 atom stereocenters. The van der Waals surface area contributed by atoms with Crippen molar-refractivity contribution in [3.63, 3.8) is 0 Å². The highest BCUT2D eigenvalue weighted by Crippen LogP contribution is 2.37. The molecule has 0 spiro atoms. The van der Waals surface area contributed by atoms with E-state index in [-0.39, 0.29) is 5.60 Å². The molecule has 0 aliphatic carbocycles. The summed E-state index contributed by atoms with van der Waals surface area (Å²) in [7, 11) is 0. The van der Waals surface area contributed by atoms with Gasteiger partial charge in [0, 0.05) is 6.61 Å². The van der Waals surface area contributed by atoms with Gasteiger partial charge in [-0.05, 0) is 13.3 Å². The maximum atomic E-state index is 5.23. The van der Waals surface area contributed by atoms with Crippen LogP contribution in [-0.4, -0.2) is 24.9 Å². The van der Waals surface area contributed by atoms with Crippen molar-refractivity contribution in [2.75, 3.05) is 13.2 Å². The summed E-state index contributed by atoms with van der Waals surface area (Å²) in [6.07, 6.45) is 1.61. The zero-order chi connectivity index (χ0) is 5.61. The second kappa shape index (κ2) is 1.25. The monoisotopic (exact) mass is 114 g/mol. The van der Waals surface area contributed by atoms with E-state index in [9.17, 15) is 0 Å². The Balaban J connectivity index is 1.95. The molecule has 0 amide bonds. The number of epoxide rings is 1. The molecule has 2 heterocycles. The predicted molar refractivity (Wildman–Crippen MR) is 28.7 cm³/mol. The van der Waals surface area contributed by atoms with Crippen molar-refractivity contribution in [3.8, 4) is 0 Å². The molecular formula is C6H10O2. The first-order chi connectivity index (χ1) is 3.81. The lowest BCUT2D eigenvalue weighted by Gasteiger charge is -2.29. The Bertz CT molecular complexity index is 103. The van der Waals surface area contributed by atoms with Crippen molar-refractivity contribution < 1.29 is 9.47 Å². The van der Waals surface area contributed by atoms with E-state index < -0.39 is 0 Å². The summed E-state index contributed by atoms with van der Waals surface area (Å²) in [4.78, 5) is 0. The standard InChI is InChI=1S/C6H10O2/c1-6(4-8-6)5-2-3-7-5/h5H,2-4H2,1H3. The molecule has 2 heteroatoms. The van der Waals surface area contributed by atoms with Crippen LogP contribution in [0.4, 0.5) is 0 Å². The number of hydrogen-bond acceptors (Lipinski definition) is 2. The molecule has 8 heavy (non-hydrogen) atoms. The average Bonchev–Trinajstić information content (AvgIpc) is 2.12.